The molecule has 0 radical (unpaired) electrons. The Balaban J connectivity index is 1.35. The average Bonchev–Trinajstić information content (AvgIpc) is 3.08. The van der Waals surface area contributed by atoms with Gasteiger partial charge in [0.15, 0.2) is 12.4 Å². The van der Waals surface area contributed by atoms with Crippen LogP contribution in [0.3, 0.4) is 0 Å². The number of ketones is 1. The molecule has 0 fully saturated rings. The number of rotatable bonds is 7. The van der Waals surface area contributed by atoms with Crippen LogP contribution >= 0.6 is 0 Å². The molecule has 0 saturated carbocycles. The molecule has 1 aromatic heterocycles. The number of hydrogen-bond donors (Lipinski definition) is 1. The standard InChI is InChI=1S/C25H24N2O5/c1-16-11-19-5-3-4-6-22(19)27(16)13-21-12-23(29)24(14-31-21)32-15-25(30)26-20-9-7-18(8-10-20)17(2)28/h3-10,12,14,16H,11,13,15H2,1-2H3,(H,26,30)/t16-/m1/s1. The van der Waals surface area contributed by atoms with Gasteiger partial charge in [-0.2, -0.15) is 0 Å². The van der Waals surface area contributed by atoms with Crippen molar-refractivity contribution in [2.24, 2.45) is 0 Å². The maximum absolute atomic E-state index is 12.4. The Hall–Kier alpha value is -3.87. The van der Waals surface area contributed by atoms with Gasteiger partial charge in [-0.15, -0.1) is 0 Å². The molecule has 1 atom stereocenters. The van der Waals surface area contributed by atoms with Crippen LogP contribution in [-0.2, 0) is 17.8 Å². The summed E-state index contributed by atoms with van der Waals surface area (Å²) >= 11 is 0. The molecule has 0 aliphatic carbocycles. The van der Waals surface area contributed by atoms with Gasteiger partial charge in [-0.1, -0.05) is 18.2 Å². The monoisotopic (exact) mass is 432 g/mol. The number of carbonyl (C=O) groups is 2. The highest BCUT2D eigenvalue weighted by Gasteiger charge is 2.26. The number of para-hydroxylation sites is 1. The van der Waals surface area contributed by atoms with Gasteiger partial charge in [0.1, 0.15) is 12.0 Å². The van der Waals surface area contributed by atoms with Crippen molar-refractivity contribution in [2.75, 3.05) is 16.8 Å². The van der Waals surface area contributed by atoms with E-state index < -0.39 is 5.91 Å². The summed E-state index contributed by atoms with van der Waals surface area (Å²) in [7, 11) is 0. The van der Waals surface area contributed by atoms with Crippen LogP contribution in [0.25, 0.3) is 0 Å². The molecule has 7 nitrogen and oxygen atoms in total. The summed E-state index contributed by atoms with van der Waals surface area (Å²) in [5.74, 6) is 0.0305. The fourth-order valence-electron chi connectivity index (χ4n) is 3.79. The van der Waals surface area contributed by atoms with Crippen LogP contribution in [0.5, 0.6) is 5.75 Å². The maximum Gasteiger partial charge on any atom is 0.262 e. The number of hydrogen-bond acceptors (Lipinski definition) is 6. The van der Waals surface area contributed by atoms with Crippen LogP contribution in [0.1, 0.15) is 35.5 Å². The van der Waals surface area contributed by atoms with Crippen LogP contribution in [0.2, 0.25) is 0 Å². The van der Waals surface area contributed by atoms with Gasteiger partial charge in [0.25, 0.3) is 5.91 Å². The molecule has 2 aromatic carbocycles. The molecule has 4 rings (SSSR count). The Labute approximate surface area is 185 Å². The molecule has 0 spiro atoms. The number of nitrogens with one attached hydrogen (secondary N) is 1. The molecule has 1 aliphatic rings. The highest BCUT2D eigenvalue weighted by molar-refractivity contribution is 5.95. The molecule has 0 saturated heterocycles. The summed E-state index contributed by atoms with van der Waals surface area (Å²) in [6, 6.07) is 16.5. The van der Waals surface area contributed by atoms with Crippen LogP contribution in [-0.4, -0.2) is 24.3 Å². The van der Waals surface area contributed by atoms with E-state index in [-0.39, 0.29) is 23.6 Å². The summed E-state index contributed by atoms with van der Waals surface area (Å²) in [6.07, 6.45) is 2.20. The zero-order valence-corrected chi connectivity index (χ0v) is 18.0. The smallest absolute Gasteiger partial charge is 0.262 e. The molecule has 7 heteroatoms. The minimum atomic E-state index is -0.424. The Kier molecular flexibility index (Phi) is 6.07. The Morgan fingerprint density at radius 2 is 1.91 bits per heavy atom. The van der Waals surface area contributed by atoms with E-state index in [9.17, 15) is 14.4 Å². The number of benzene rings is 2. The van der Waals surface area contributed by atoms with Crippen molar-refractivity contribution in [2.45, 2.75) is 32.9 Å². The fraction of sp³-hybridized carbons (Fsp3) is 0.240. The number of Topliss-reactive ketones (excluding diaryl/α,β-unsaturated/α-hetero) is 1. The third-order valence-corrected chi connectivity index (χ3v) is 5.46. The van der Waals surface area contributed by atoms with Gasteiger partial charge in [0, 0.05) is 29.0 Å². The van der Waals surface area contributed by atoms with Gasteiger partial charge in [-0.3, -0.25) is 14.4 Å². The number of ether oxygens (including phenoxy) is 1. The van der Waals surface area contributed by atoms with Crippen LogP contribution in [0.15, 0.2) is 70.1 Å². The molecular formula is C25H24N2O5. The van der Waals surface area contributed by atoms with Crippen molar-refractivity contribution >= 4 is 23.1 Å². The first kappa shape index (κ1) is 21.4. The van der Waals surface area contributed by atoms with E-state index in [1.165, 1.54) is 24.8 Å². The summed E-state index contributed by atoms with van der Waals surface area (Å²) in [5, 5.41) is 2.66. The first-order valence-corrected chi connectivity index (χ1v) is 10.4. The van der Waals surface area contributed by atoms with E-state index >= 15 is 0 Å². The first-order valence-electron chi connectivity index (χ1n) is 10.4. The maximum atomic E-state index is 12.4. The molecule has 3 aromatic rings. The predicted octanol–water partition coefficient (Wildman–Crippen LogP) is 3.81. The van der Waals surface area contributed by atoms with Crippen LogP contribution < -0.4 is 20.4 Å². The summed E-state index contributed by atoms with van der Waals surface area (Å²) in [6.45, 7) is 3.75. The highest BCUT2D eigenvalue weighted by Crippen LogP contribution is 2.32. The molecule has 1 amide bonds. The quantitative estimate of drug-likeness (QED) is 0.571. The van der Waals surface area contributed by atoms with E-state index in [4.69, 9.17) is 9.15 Å². The third-order valence-electron chi connectivity index (χ3n) is 5.46. The highest BCUT2D eigenvalue weighted by atomic mass is 16.5. The van der Waals surface area contributed by atoms with Gasteiger partial charge in [0.2, 0.25) is 11.2 Å². The summed E-state index contributed by atoms with van der Waals surface area (Å²) in [4.78, 5) is 38.1. The molecule has 32 heavy (non-hydrogen) atoms. The van der Waals surface area contributed by atoms with E-state index in [0.29, 0.717) is 29.6 Å². The fourth-order valence-corrected chi connectivity index (χ4v) is 3.79. The summed E-state index contributed by atoms with van der Waals surface area (Å²) in [5.41, 5.74) is 3.18. The lowest BCUT2D eigenvalue weighted by molar-refractivity contribution is -0.118. The lowest BCUT2D eigenvalue weighted by Gasteiger charge is -2.24. The van der Waals surface area contributed by atoms with E-state index in [0.717, 1.165) is 12.1 Å². The zero-order chi connectivity index (χ0) is 22.7. The number of carbonyl (C=O) groups excluding carboxylic acids is 2. The van der Waals surface area contributed by atoms with Crippen molar-refractivity contribution in [3.63, 3.8) is 0 Å². The SMILES string of the molecule is CC(=O)c1ccc(NC(=O)COc2coc(CN3c4ccccc4C[C@H]3C)cc2=O)cc1. The molecule has 164 valence electrons. The normalized spacial score (nSPS) is 14.7. The molecule has 1 aliphatic heterocycles. The number of fused-ring (bicyclic) bond motifs is 1. The lowest BCUT2D eigenvalue weighted by Crippen LogP contribution is -2.29. The van der Waals surface area contributed by atoms with Gasteiger partial charge in [-0.25, -0.2) is 0 Å². The topological polar surface area (TPSA) is 88.8 Å². The van der Waals surface area contributed by atoms with Crippen molar-refractivity contribution in [1.29, 1.82) is 0 Å². The Morgan fingerprint density at radius 1 is 1.16 bits per heavy atom. The Morgan fingerprint density at radius 3 is 2.62 bits per heavy atom. The third kappa shape index (κ3) is 4.72. The van der Waals surface area contributed by atoms with Gasteiger partial charge in [-0.05, 0) is 56.2 Å². The van der Waals surface area contributed by atoms with E-state index in [2.05, 4.69) is 29.3 Å². The molecule has 1 N–H and O–H groups in total. The van der Waals surface area contributed by atoms with Gasteiger partial charge in [0.05, 0.1) is 6.54 Å². The average molecular weight is 432 g/mol. The summed E-state index contributed by atoms with van der Waals surface area (Å²) < 4.78 is 11.0. The van der Waals surface area contributed by atoms with Crippen molar-refractivity contribution in [3.8, 4) is 5.75 Å². The molecular weight excluding hydrogens is 408 g/mol. The first-order chi connectivity index (χ1) is 15.4. The second-order valence-corrected chi connectivity index (χ2v) is 7.86. The molecule has 0 unspecified atom stereocenters. The predicted molar refractivity (Wildman–Crippen MR) is 121 cm³/mol. The Bertz CT molecular complexity index is 1200. The van der Waals surface area contributed by atoms with Gasteiger partial charge < -0.3 is 19.4 Å². The second-order valence-electron chi connectivity index (χ2n) is 7.86. The molecule has 2 heterocycles. The van der Waals surface area contributed by atoms with Crippen molar-refractivity contribution in [3.05, 3.63) is 88.0 Å². The second kappa shape index (κ2) is 9.09. The van der Waals surface area contributed by atoms with Gasteiger partial charge >= 0.3 is 0 Å². The zero-order valence-electron chi connectivity index (χ0n) is 18.0. The van der Waals surface area contributed by atoms with Crippen LogP contribution in [0.4, 0.5) is 11.4 Å². The van der Waals surface area contributed by atoms with Crippen LogP contribution in [0, 0.1) is 0 Å². The van der Waals surface area contributed by atoms with E-state index in [1.54, 1.807) is 24.3 Å². The largest absolute Gasteiger partial charge is 0.477 e. The number of amides is 1. The number of nitrogens with zero attached hydrogens (tertiary/aromatic N) is 1. The number of anilines is 2. The van der Waals surface area contributed by atoms with E-state index in [1.807, 2.05) is 12.1 Å². The minimum Gasteiger partial charge on any atom is -0.477 e. The van der Waals surface area contributed by atoms with Crippen molar-refractivity contribution < 1.29 is 18.7 Å². The molecule has 0 bridgehead atoms. The lowest BCUT2D eigenvalue weighted by atomic mass is 10.1. The van der Waals surface area contributed by atoms with Crippen molar-refractivity contribution in [1.82, 2.24) is 0 Å². The minimum absolute atomic E-state index is 0.0225.